The van der Waals surface area contributed by atoms with E-state index in [1.807, 2.05) is 55.6 Å². The molecule has 0 bridgehead atoms. The Morgan fingerprint density at radius 1 is 1.03 bits per heavy atom. The van der Waals surface area contributed by atoms with Gasteiger partial charge in [-0.05, 0) is 61.2 Å². The smallest absolute Gasteiger partial charge is 0.341 e. The van der Waals surface area contributed by atoms with Crippen molar-refractivity contribution in [3.8, 4) is 16.9 Å². The summed E-state index contributed by atoms with van der Waals surface area (Å²) >= 11 is 1.30. The van der Waals surface area contributed by atoms with Gasteiger partial charge in [0.1, 0.15) is 16.3 Å². The molecule has 1 amide bonds. The molecule has 30 heavy (non-hydrogen) atoms. The van der Waals surface area contributed by atoms with Crippen molar-refractivity contribution in [3.05, 3.63) is 70.1 Å². The minimum absolute atomic E-state index is 0.264. The summed E-state index contributed by atoms with van der Waals surface area (Å²) in [6.07, 6.45) is 0.933. The van der Waals surface area contributed by atoms with Crippen molar-refractivity contribution < 1.29 is 19.1 Å². The van der Waals surface area contributed by atoms with E-state index in [-0.39, 0.29) is 5.91 Å². The molecule has 2 aromatic carbocycles. The standard InChI is InChI=1S/C24H25NO4S/c1-5-12-29-19-10-8-17(9-11-19)20-14-30-23(21(20)24(27)28-4)25-22(26)18-7-6-15(2)16(3)13-18/h6-11,13-14H,5,12H2,1-4H3,(H,25,26). The average molecular weight is 424 g/mol. The molecule has 0 spiro atoms. The van der Waals surface area contributed by atoms with E-state index in [2.05, 4.69) is 12.2 Å². The van der Waals surface area contributed by atoms with Crippen molar-refractivity contribution in [2.45, 2.75) is 27.2 Å². The van der Waals surface area contributed by atoms with E-state index >= 15 is 0 Å². The Balaban J connectivity index is 1.91. The minimum Gasteiger partial charge on any atom is -0.494 e. The van der Waals surface area contributed by atoms with Crippen LogP contribution in [0.4, 0.5) is 5.00 Å². The maximum absolute atomic E-state index is 12.8. The second kappa shape index (κ2) is 9.59. The Bertz CT molecular complexity index is 1050. The molecule has 0 aliphatic rings. The molecule has 0 aliphatic heterocycles. The number of amides is 1. The van der Waals surface area contributed by atoms with Crippen LogP contribution < -0.4 is 10.1 Å². The first-order valence-corrected chi connectivity index (χ1v) is 10.6. The molecule has 0 fully saturated rings. The average Bonchev–Trinajstić information content (AvgIpc) is 3.17. The number of ether oxygens (including phenoxy) is 2. The van der Waals surface area contributed by atoms with Crippen molar-refractivity contribution in [2.75, 3.05) is 19.0 Å². The summed E-state index contributed by atoms with van der Waals surface area (Å²) in [5.74, 6) is 0.0200. The summed E-state index contributed by atoms with van der Waals surface area (Å²) in [5.41, 5.74) is 4.61. The molecule has 156 valence electrons. The highest BCUT2D eigenvalue weighted by atomic mass is 32.1. The van der Waals surface area contributed by atoms with Gasteiger partial charge in [-0.25, -0.2) is 4.79 Å². The first kappa shape index (κ1) is 21.6. The van der Waals surface area contributed by atoms with Crippen LogP contribution in [0.1, 0.15) is 45.2 Å². The van der Waals surface area contributed by atoms with Crippen LogP contribution in [-0.4, -0.2) is 25.6 Å². The van der Waals surface area contributed by atoms with Gasteiger partial charge in [0.25, 0.3) is 5.91 Å². The van der Waals surface area contributed by atoms with Crippen LogP contribution in [0, 0.1) is 13.8 Å². The molecule has 5 nitrogen and oxygen atoms in total. The Morgan fingerprint density at radius 2 is 1.77 bits per heavy atom. The predicted molar refractivity (Wildman–Crippen MR) is 121 cm³/mol. The molecule has 0 unspecified atom stereocenters. The number of esters is 1. The Hall–Kier alpha value is -3.12. The third kappa shape index (κ3) is 4.71. The second-order valence-corrected chi connectivity index (χ2v) is 7.85. The fraction of sp³-hybridized carbons (Fsp3) is 0.250. The topological polar surface area (TPSA) is 64.6 Å². The van der Waals surface area contributed by atoms with Crippen LogP contribution in [0.2, 0.25) is 0 Å². The molecule has 0 saturated heterocycles. The highest BCUT2D eigenvalue weighted by Crippen LogP contribution is 2.37. The van der Waals surface area contributed by atoms with Crippen LogP contribution in [0.5, 0.6) is 5.75 Å². The maximum Gasteiger partial charge on any atom is 0.341 e. The van der Waals surface area contributed by atoms with Gasteiger partial charge >= 0.3 is 5.97 Å². The van der Waals surface area contributed by atoms with E-state index < -0.39 is 5.97 Å². The molecule has 0 aliphatic carbocycles. The van der Waals surface area contributed by atoms with Gasteiger partial charge in [0.15, 0.2) is 0 Å². The molecule has 1 N–H and O–H groups in total. The molecule has 1 aromatic heterocycles. The molecule has 0 saturated carbocycles. The highest BCUT2D eigenvalue weighted by molar-refractivity contribution is 7.15. The van der Waals surface area contributed by atoms with Crippen molar-refractivity contribution in [3.63, 3.8) is 0 Å². The molecular weight excluding hydrogens is 398 g/mol. The van der Waals surface area contributed by atoms with Gasteiger partial charge in [-0.15, -0.1) is 11.3 Å². The molecule has 1 heterocycles. The van der Waals surface area contributed by atoms with Crippen LogP contribution in [0.3, 0.4) is 0 Å². The molecule has 3 rings (SSSR count). The normalized spacial score (nSPS) is 10.5. The van der Waals surface area contributed by atoms with Gasteiger partial charge in [-0.3, -0.25) is 4.79 Å². The van der Waals surface area contributed by atoms with Gasteiger partial charge in [-0.2, -0.15) is 0 Å². The van der Waals surface area contributed by atoms with E-state index in [0.29, 0.717) is 28.3 Å². The van der Waals surface area contributed by atoms with E-state index in [4.69, 9.17) is 9.47 Å². The third-order valence-electron chi connectivity index (χ3n) is 4.81. The third-order valence-corrected chi connectivity index (χ3v) is 5.71. The van der Waals surface area contributed by atoms with Crippen molar-refractivity contribution >= 4 is 28.2 Å². The number of carbonyl (C=O) groups excluding carboxylic acids is 2. The summed E-state index contributed by atoms with van der Waals surface area (Å²) in [5, 5.41) is 5.19. The lowest BCUT2D eigenvalue weighted by atomic mass is 10.0. The lowest BCUT2D eigenvalue weighted by molar-refractivity contribution is 0.0603. The lowest BCUT2D eigenvalue weighted by Crippen LogP contribution is -2.14. The summed E-state index contributed by atoms with van der Waals surface area (Å²) in [6, 6.07) is 13.1. The Kier molecular flexibility index (Phi) is 6.90. The number of rotatable bonds is 7. The Labute approximate surface area is 180 Å². The van der Waals surface area contributed by atoms with Crippen LogP contribution >= 0.6 is 11.3 Å². The van der Waals surface area contributed by atoms with Gasteiger partial charge in [0.2, 0.25) is 0 Å². The van der Waals surface area contributed by atoms with Gasteiger partial charge < -0.3 is 14.8 Å². The van der Waals surface area contributed by atoms with E-state index in [9.17, 15) is 9.59 Å². The number of benzene rings is 2. The van der Waals surface area contributed by atoms with Gasteiger partial charge in [-0.1, -0.05) is 25.1 Å². The Morgan fingerprint density at radius 3 is 2.40 bits per heavy atom. The second-order valence-electron chi connectivity index (χ2n) is 6.97. The zero-order chi connectivity index (χ0) is 21.7. The van der Waals surface area contributed by atoms with Crippen LogP contribution in [0.15, 0.2) is 47.8 Å². The summed E-state index contributed by atoms with van der Waals surface area (Å²) in [6.45, 7) is 6.66. The zero-order valence-electron chi connectivity index (χ0n) is 17.6. The number of anilines is 1. The zero-order valence-corrected chi connectivity index (χ0v) is 18.4. The van der Waals surface area contributed by atoms with E-state index in [1.54, 1.807) is 6.07 Å². The first-order valence-electron chi connectivity index (χ1n) is 9.76. The molecule has 6 heteroatoms. The number of hydrogen-bond donors (Lipinski definition) is 1. The number of methoxy groups -OCH3 is 1. The fourth-order valence-electron chi connectivity index (χ4n) is 2.98. The number of nitrogens with one attached hydrogen (secondary N) is 1. The largest absolute Gasteiger partial charge is 0.494 e. The number of carbonyl (C=O) groups is 2. The van der Waals surface area contributed by atoms with Crippen LogP contribution in [0.25, 0.3) is 11.1 Å². The number of aryl methyl sites for hydroxylation is 2. The van der Waals surface area contributed by atoms with Gasteiger partial charge in [0.05, 0.1) is 13.7 Å². The molecule has 3 aromatic rings. The quantitative estimate of drug-likeness (QED) is 0.484. The number of thiophene rings is 1. The van der Waals surface area contributed by atoms with Crippen molar-refractivity contribution in [2.24, 2.45) is 0 Å². The highest BCUT2D eigenvalue weighted by Gasteiger charge is 2.23. The minimum atomic E-state index is -0.493. The van der Waals surface area contributed by atoms with Crippen molar-refractivity contribution in [1.82, 2.24) is 0 Å². The molecule has 0 atom stereocenters. The summed E-state index contributed by atoms with van der Waals surface area (Å²) in [4.78, 5) is 25.3. The van der Waals surface area contributed by atoms with E-state index in [0.717, 1.165) is 28.9 Å². The molecule has 0 radical (unpaired) electrons. The fourth-order valence-corrected chi connectivity index (χ4v) is 3.93. The SMILES string of the molecule is CCCOc1ccc(-c2csc(NC(=O)c3ccc(C)c(C)c3)c2C(=O)OC)cc1. The monoisotopic (exact) mass is 423 g/mol. The first-order chi connectivity index (χ1) is 14.4. The maximum atomic E-state index is 12.8. The lowest BCUT2D eigenvalue weighted by Gasteiger charge is -2.10. The number of hydrogen-bond acceptors (Lipinski definition) is 5. The van der Waals surface area contributed by atoms with E-state index in [1.165, 1.54) is 18.4 Å². The predicted octanol–water partition coefficient (Wildman–Crippen LogP) is 5.86. The van der Waals surface area contributed by atoms with Gasteiger partial charge in [0, 0.05) is 16.5 Å². The molecular formula is C24H25NO4S. The van der Waals surface area contributed by atoms with Crippen molar-refractivity contribution in [1.29, 1.82) is 0 Å². The van der Waals surface area contributed by atoms with Crippen LogP contribution in [-0.2, 0) is 4.74 Å². The summed E-state index contributed by atoms with van der Waals surface area (Å²) < 4.78 is 10.6. The summed E-state index contributed by atoms with van der Waals surface area (Å²) in [7, 11) is 1.33.